The van der Waals surface area contributed by atoms with Crippen molar-refractivity contribution in [1.82, 2.24) is 10.1 Å². The van der Waals surface area contributed by atoms with Crippen molar-refractivity contribution in [3.05, 3.63) is 17.5 Å². The molecule has 16 heavy (non-hydrogen) atoms. The molecular weight excluding hydrogens is 202 g/mol. The summed E-state index contributed by atoms with van der Waals surface area (Å²) in [6.07, 6.45) is 1.23. The van der Waals surface area contributed by atoms with Crippen LogP contribution in [0.4, 0.5) is 0 Å². The first kappa shape index (κ1) is 11.6. The number of piperidine rings is 1. The van der Waals surface area contributed by atoms with Gasteiger partial charge < -0.3 is 10.3 Å². The second kappa shape index (κ2) is 4.97. The topological polar surface area (TPSA) is 55.3 Å². The van der Waals surface area contributed by atoms with Crippen LogP contribution in [0, 0.1) is 18.8 Å². The number of aromatic nitrogens is 1. The maximum atomic E-state index is 5.79. The van der Waals surface area contributed by atoms with Gasteiger partial charge in [-0.2, -0.15) is 0 Å². The molecule has 1 aliphatic heterocycles. The smallest absolute Gasteiger partial charge is 0.150 e. The molecule has 0 amide bonds. The lowest BCUT2D eigenvalue weighted by atomic mass is 9.87. The van der Waals surface area contributed by atoms with E-state index in [1.807, 2.05) is 13.0 Å². The van der Waals surface area contributed by atoms with Crippen LogP contribution in [0.15, 0.2) is 10.6 Å². The Hall–Kier alpha value is -0.870. The van der Waals surface area contributed by atoms with Crippen LogP contribution in [0.1, 0.15) is 24.8 Å². The molecule has 90 valence electrons. The average molecular weight is 223 g/mol. The van der Waals surface area contributed by atoms with Gasteiger partial charge >= 0.3 is 0 Å². The largest absolute Gasteiger partial charge is 0.360 e. The van der Waals surface area contributed by atoms with Crippen LogP contribution >= 0.6 is 0 Å². The normalized spacial score (nSPS) is 27.2. The van der Waals surface area contributed by atoms with E-state index in [-0.39, 0.29) is 0 Å². The van der Waals surface area contributed by atoms with Gasteiger partial charge in [0.2, 0.25) is 0 Å². The maximum absolute atomic E-state index is 5.79. The number of likely N-dealkylation sites (tertiary alicyclic amines) is 1. The van der Waals surface area contributed by atoms with Gasteiger partial charge in [-0.25, -0.2) is 0 Å². The lowest BCUT2D eigenvalue weighted by molar-refractivity contribution is 0.116. The highest BCUT2D eigenvalue weighted by Gasteiger charge is 2.25. The van der Waals surface area contributed by atoms with Crippen LogP contribution in [-0.4, -0.2) is 29.7 Å². The Morgan fingerprint density at radius 3 is 3.06 bits per heavy atom. The van der Waals surface area contributed by atoms with Crippen molar-refractivity contribution in [3.63, 3.8) is 0 Å². The molecule has 1 aromatic rings. The van der Waals surface area contributed by atoms with Crippen LogP contribution < -0.4 is 5.73 Å². The zero-order chi connectivity index (χ0) is 11.5. The number of aryl methyl sites for hydroxylation is 1. The standard InChI is InChI=1S/C12H21N3O/c1-9-3-4-15(7-11(9)6-13)8-12-5-10(2)14-16-12/h5,9,11H,3-4,6-8,13H2,1-2H3. The fourth-order valence-corrected chi connectivity index (χ4v) is 2.39. The van der Waals surface area contributed by atoms with Crippen LogP contribution in [0.2, 0.25) is 0 Å². The summed E-state index contributed by atoms with van der Waals surface area (Å²) in [4.78, 5) is 2.41. The molecule has 1 aliphatic rings. The van der Waals surface area contributed by atoms with Gasteiger partial charge in [-0.05, 0) is 38.3 Å². The summed E-state index contributed by atoms with van der Waals surface area (Å²) in [6, 6.07) is 2.01. The number of nitrogens with zero attached hydrogens (tertiary/aromatic N) is 2. The van der Waals surface area contributed by atoms with E-state index in [0.717, 1.165) is 43.6 Å². The van der Waals surface area contributed by atoms with Crippen molar-refractivity contribution in [1.29, 1.82) is 0 Å². The third-order valence-corrected chi connectivity index (χ3v) is 3.56. The summed E-state index contributed by atoms with van der Waals surface area (Å²) in [5.74, 6) is 2.33. The fourth-order valence-electron chi connectivity index (χ4n) is 2.39. The summed E-state index contributed by atoms with van der Waals surface area (Å²) >= 11 is 0. The minimum absolute atomic E-state index is 0.623. The molecule has 0 aliphatic carbocycles. The second-order valence-corrected chi connectivity index (χ2v) is 4.93. The monoisotopic (exact) mass is 223 g/mol. The zero-order valence-corrected chi connectivity index (χ0v) is 10.1. The molecule has 0 radical (unpaired) electrons. The van der Waals surface area contributed by atoms with E-state index < -0.39 is 0 Å². The van der Waals surface area contributed by atoms with Crippen molar-refractivity contribution in [2.24, 2.45) is 17.6 Å². The molecule has 1 fully saturated rings. The van der Waals surface area contributed by atoms with Gasteiger partial charge in [-0.3, -0.25) is 4.90 Å². The summed E-state index contributed by atoms with van der Waals surface area (Å²) in [5.41, 5.74) is 6.75. The zero-order valence-electron chi connectivity index (χ0n) is 10.1. The first-order valence-electron chi connectivity index (χ1n) is 6.03. The Labute approximate surface area is 96.8 Å². The van der Waals surface area contributed by atoms with Crippen LogP contribution in [-0.2, 0) is 6.54 Å². The molecule has 4 nitrogen and oxygen atoms in total. The van der Waals surface area contributed by atoms with Crippen LogP contribution in [0.5, 0.6) is 0 Å². The highest BCUT2D eigenvalue weighted by molar-refractivity contribution is 5.03. The molecule has 4 heteroatoms. The van der Waals surface area contributed by atoms with Crippen molar-refractivity contribution in [2.75, 3.05) is 19.6 Å². The summed E-state index contributed by atoms with van der Waals surface area (Å²) in [6.45, 7) is 8.12. The van der Waals surface area contributed by atoms with Gasteiger partial charge in [0.25, 0.3) is 0 Å². The van der Waals surface area contributed by atoms with Gasteiger partial charge in [0, 0.05) is 12.6 Å². The molecule has 0 saturated carbocycles. The Balaban J connectivity index is 1.91. The number of hydrogen-bond donors (Lipinski definition) is 1. The Morgan fingerprint density at radius 2 is 2.44 bits per heavy atom. The molecular formula is C12H21N3O. The van der Waals surface area contributed by atoms with Gasteiger partial charge in [0.05, 0.1) is 12.2 Å². The second-order valence-electron chi connectivity index (χ2n) is 4.93. The molecule has 2 atom stereocenters. The van der Waals surface area contributed by atoms with Crippen molar-refractivity contribution >= 4 is 0 Å². The minimum atomic E-state index is 0.623. The molecule has 2 heterocycles. The van der Waals surface area contributed by atoms with E-state index in [1.54, 1.807) is 0 Å². The molecule has 0 bridgehead atoms. The third kappa shape index (κ3) is 2.62. The predicted molar refractivity (Wildman–Crippen MR) is 62.8 cm³/mol. The minimum Gasteiger partial charge on any atom is -0.360 e. The van der Waals surface area contributed by atoms with E-state index >= 15 is 0 Å². The number of hydrogen-bond acceptors (Lipinski definition) is 4. The van der Waals surface area contributed by atoms with Crippen molar-refractivity contribution < 1.29 is 4.52 Å². The Bertz CT molecular complexity index is 337. The third-order valence-electron chi connectivity index (χ3n) is 3.56. The van der Waals surface area contributed by atoms with E-state index in [1.165, 1.54) is 6.42 Å². The summed E-state index contributed by atoms with van der Waals surface area (Å²) < 4.78 is 5.24. The van der Waals surface area contributed by atoms with Crippen LogP contribution in [0.3, 0.4) is 0 Å². The highest BCUT2D eigenvalue weighted by atomic mass is 16.5. The summed E-state index contributed by atoms with van der Waals surface area (Å²) in [7, 11) is 0. The predicted octanol–water partition coefficient (Wildman–Crippen LogP) is 1.40. The number of nitrogens with two attached hydrogens (primary N) is 1. The SMILES string of the molecule is Cc1cc(CN2CCC(C)C(CN)C2)on1. The molecule has 2 unspecified atom stereocenters. The van der Waals surface area contributed by atoms with E-state index in [2.05, 4.69) is 17.0 Å². The van der Waals surface area contributed by atoms with Crippen molar-refractivity contribution in [2.45, 2.75) is 26.8 Å². The lowest BCUT2D eigenvalue weighted by Crippen LogP contribution is -2.42. The van der Waals surface area contributed by atoms with E-state index in [4.69, 9.17) is 10.3 Å². The average Bonchev–Trinajstić information content (AvgIpc) is 2.67. The maximum Gasteiger partial charge on any atom is 0.150 e. The first-order chi connectivity index (χ1) is 7.69. The molecule has 1 saturated heterocycles. The van der Waals surface area contributed by atoms with E-state index in [0.29, 0.717) is 5.92 Å². The van der Waals surface area contributed by atoms with Gasteiger partial charge in [-0.1, -0.05) is 12.1 Å². The molecule has 2 N–H and O–H groups in total. The molecule has 0 aromatic carbocycles. The van der Waals surface area contributed by atoms with Gasteiger partial charge in [0.1, 0.15) is 0 Å². The highest BCUT2D eigenvalue weighted by Crippen LogP contribution is 2.23. The quantitative estimate of drug-likeness (QED) is 0.841. The fraction of sp³-hybridized carbons (Fsp3) is 0.750. The lowest BCUT2D eigenvalue weighted by Gasteiger charge is -2.35. The molecule has 1 aromatic heterocycles. The first-order valence-corrected chi connectivity index (χ1v) is 6.03. The van der Waals surface area contributed by atoms with Crippen molar-refractivity contribution in [3.8, 4) is 0 Å². The Kier molecular flexibility index (Phi) is 3.61. The van der Waals surface area contributed by atoms with E-state index in [9.17, 15) is 0 Å². The molecule has 2 rings (SSSR count). The van der Waals surface area contributed by atoms with Crippen LogP contribution in [0.25, 0.3) is 0 Å². The Morgan fingerprint density at radius 1 is 1.62 bits per heavy atom. The summed E-state index contributed by atoms with van der Waals surface area (Å²) in [5, 5.41) is 3.91. The van der Waals surface area contributed by atoms with Gasteiger partial charge in [-0.15, -0.1) is 0 Å². The molecule has 0 spiro atoms. The van der Waals surface area contributed by atoms with Gasteiger partial charge in [0.15, 0.2) is 5.76 Å². The number of rotatable bonds is 3.